The molecule has 0 aromatic carbocycles. The van der Waals surface area contributed by atoms with Gasteiger partial charge in [0, 0.05) is 18.3 Å². The van der Waals surface area contributed by atoms with Crippen molar-refractivity contribution in [2.75, 3.05) is 0 Å². The summed E-state index contributed by atoms with van der Waals surface area (Å²) in [6, 6.07) is 10.7. The summed E-state index contributed by atoms with van der Waals surface area (Å²) in [5.41, 5.74) is 0. The molecular weight excluding hydrogens is 1110 g/mol. The van der Waals surface area contributed by atoms with Crippen LogP contribution < -0.4 is 0 Å². The highest BCUT2D eigenvalue weighted by molar-refractivity contribution is 6.89. The predicted molar refractivity (Wildman–Crippen MR) is 316 cm³/mol. The molecule has 0 saturated carbocycles. The van der Waals surface area contributed by atoms with E-state index in [2.05, 4.69) is 106 Å². The van der Waals surface area contributed by atoms with E-state index in [4.69, 9.17) is 54.4 Å². The molecule has 10 unspecified atom stereocenters. The third-order valence-corrected chi connectivity index (χ3v) is 54.1. The van der Waals surface area contributed by atoms with Gasteiger partial charge in [0.1, 0.15) is 0 Å². The van der Waals surface area contributed by atoms with Gasteiger partial charge in [0.15, 0.2) is 43.0 Å². The van der Waals surface area contributed by atoms with Crippen molar-refractivity contribution in [3.63, 3.8) is 0 Å². The molecule has 13 nitrogen and oxygen atoms in total. The van der Waals surface area contributed by atoms with Crippen molar-refractivity contribution in [1.82, 2.24) is 0 Å². The van der Waals surface area contributed by atoms with Crippen LogP contribution in [-0.4, -0.2) is 145 Å². The summed E-state index contributed by atoms with van der Waals surface area (Å²) in [4.78, 5) is 0. The molecule has 0 aromatic rings. The molecule has 0 aliphatic carbocycles. The maximum absolute atomic E-state index is 7.54. The van der Waals surface area contributed by atoms with Gasteiger partial charge in [-0.1, -0.05) is 90.4 Å². The minimum Gasteiger partial charge on any atom is -0.441 e. The van der Waals surface area contributed by atoms with Gasteiger partial charge >= 0.3 is 46.2 Å². The molecule has 3 aliphatic rings. The molecule has 10 atom stereocenters. The Hall–Kier alpha value is 2.52. The first-order chi connectivity index (χ1) is 32.5. The van der Waals surface area contributed by atoms with Crippen LogP contribution in [0.2, 0.25) is 139 Å². The van der Waals surface area contributed by atoms with Crippen molar-refractivity contribution < 1.29 is 54.4 Å². The second-order valence-corrected chi connectivity index (χ2v) is 59.3. The molecule has 0 bridgehead atoms. The van der Waals surface area contributed by atoms with E-state index in [1.165, 1.54) is 38.1 Å². The van der Waals surface area contributed by atoms with Gasteiger partial charge in [-0.3, -0.25) is 0 Å². The minimum atomic E-state index is -3.53. The van der Waals surface area contributed by atoms with Crippen molar-refractivity contribution in [3.05, 3.63) is 0 Å². The predicted octanol–water partition coefficient (Wildman–Crippen LogP) is 10.7. The Morgan fingerprint density at radius 1 is 0.507 bits per heavy atom. The summed E-state index contributed by atoms with van der Waals surface area (Å²) in [6.45, 7) is 36.3. The maximum atomic E-state index is 7.54. The van der Waals surface area contributed by atoms with Gasteiger partial charge in [-0.2, -0.15) is 0 Å². The summed E-state index contributed by atoms with van der Waals surface area (Å²) >= 11 is 0. The van der Waals surface area contributed by atoms with Crippen LogP contribution in [-0.2, 0) is 54.4 Å². The topological polar surface area (TPSA) is 120 Å². The number of rotatable bonds is 31. The molecule has 0 aromatic heterocycles. The largest absolute Gasteiger partial charge is 0.636 e. The van der Waals surface area contributed by atoms with Crippen LogP contribution in [0.5, 0.6) is 0 Å². The Bertz CT molecular complexity index is 1320. The minimum absolute atomic E-state index is 0.240. The lowest BCUT2D eigenvalue weighted by atomic mass is 10.2. The lowest BCUT2D eigenvalue weighted by Gasteiger charge is -2.43. The lowest BCUT2D eigenvalue weighted by Crippen LogP contribution is -2.64. The van der Waals surface area contributed by atoms with E-state index in [0.29, 0.717) is 9.76 Å². The van der Waals surface area contributed by atoms with Crippen molar-refractivity contribution in [3.8, 4) is 0 Å². The molecule has 27 heteroatoms. The number of hydrogen-bond donors (Lipinski definition) is 0. The van der Waals surface area contributed by atoms with E-state index in [1.54, 1.807) is 0 Å². The van der Waals surface area contributed by atoms with Crippen molar-refractivity contribution >= 4 is 127 Å². The fourth-order valence-corrected chi connectivity index (χ4v) is 51.9. The fourth-order valence-electron chi connectivity index (χ4n) is 9.51. The van der Waals surface area contributed by atoms with Gasteiger partial charge in [-0.25, -0.2) is 0 Å². The first-order valence-corrected chi connectivity index (χ1v) is 57.7. The van der Waals surface area contributed by atoms with Crippen molar-refractivity contribution in [2.24, 2.45) is 0 Å². The summed E-state index contributed by atoms with van der Waals surface area (Å²) in [7, 11) is -22.2. The van der Waals surface area contributed by atoms with Gasteiger partial charge in [0.2, 0.25) is 18.8 Å². The van der Waals surface area contributed by atoms with Crippen LogP contribution in [0.1, 0.15) is 111 Å². The Balaban J connectivity index is 1.65. The Morgan fingerprint density at radius 2 is 1.01 bits per heavy atom. The van der Waals surface area contributed by atoms with E-state index in [9.17, 15) is 0 Å². The molecule has 3 fully saturated rings. The average molecular weight is 1210 g/mol. The summed E-state index contributed by atoms with van der Waals surface area (Å²) in [5.74, 6) is 0. The SMILES string of the molecule is CCCC[Si](C)(C)O[Si](O[Si]CCCCCC[Si]1O[SiH](C)CC(C)O[SiH](C)O1)(O[Si](C)(C)CCCCCC[Si]1CC(C)O[SiH](C)O[SiH](C)O1)O[Si](C)(C)CCCCC[Si]1OC(C)C[SiH](C)O[SiH](C)O1. The molecule has 5 radical (unpaired) electrons. The highest BCUT2D eigenvalue weighted by Crippen LogP contribution is 2.33. The monoisotopic (exact) mass is 1210 g/mol. The average Bonchev–Trinajstić information content (AvgIpc) is 3.19. The van der Waals surface area contributed by atoms with Gasteiger partial charge in [0.25, 0.3) is 18.6 Å². The molecule has 69 heavy (non-hydrogen) atoms. The van der Waals surface area contributed by atoms with Crippen LogP contribution in [0.25, 0.3) is 0 Å². The highest BCUT2D eigenvalue weighted by atomic mass is 28.5. The first kappa shape index (κ1) is 65.8. The fraction of sp³-hybridized carbons (Fsp3) is 1.00. The molecule has 3 rings (SSSR count). The molecule has 0 N–H and O–H groups in total. The number of unbranched alkanes of at least 4 members (excludes halogenated alkanes) is 9. The van der Waals surface area contributed by atoms with E-state index in [1.807, 2.05) is 0 Å². The smallest absolute Gasteiger partial charge is 0.441 e. The molecule has 405 valence electrons. The van der Waals surface area contributed by atoms with Gasteiger partial charge < -0.3 is 54.4 Å². The normalized spacial score (nSPS) is 29.1. The van der Waals surface area contributed by atoms with E-state index >= 15 is 0 Å². The molecular formula is C42H103O13Si14. The molecule has 3 heterocycles. The van der Waals surface area contributed by atoms with Gasteiger partial charge in [0.05, 0.1) is 0 Å². The second kappa shape index (κ2) is 34.4. The van der Waals surface area contributed by atoms with Gasteiger partial charge in [-0.15, -0.1) is 0 Å². The van der Waals surface area contributed by atoms with E-state index in [0.717, 1.165) is 106 Å². The van der Waals surface area contributed by atoms with E-state index in [-0.39, 0.29) is 18.3 Å². The van der Waals surface area contributed by atoms with Crippen LogP contribution in [0.4, 0.5) is 0 Å². The zero-order valence-electron chi connectivity index (χ0n) is 46.8. The van der Waals surface area contributed by atoms with Crippen LogP contribution in [0.15, 0.2) is 0 Å². The Kier molecular flexibility index (Phi) is 32.8. The second-order valence-electron chi connectivity index (χ2n) is 22.2. The van der Waals surface area contributed by atoms with Crippen LogP contribution >= 0.6 is 0 Å². The quantitative estimate of drug-likeness (QED) is 0.0484. The van der Waals surface area contributed by atoms with Gasteiger partial charge in [-0.05, 0) is 160 Å². The molecule has 0 spiro atoms. The first-order valence-electron chi connectivity index (χ1n) is 27.5. The molecule has 3 saturated heterocycles. The number of hydrogen-bond acceptors (Lipinski definition) is 13. The summed E-state index contributed by atoms with van der Waals surface area (Å²) in [6.07, 6.45) is 15.9. The van der Waals surface area contributed by atoms with Crippen LogP contribution in [0, 0.1) is 0 Å². The van der Waals surface area contributed by atoms with Crippen molar-refractivity contribution in [1.29, 1.82) is 0 Å². The molecule has 0 amide bonds. The maximum Gasteiger partial charge on any atom is 0.636 e. The lowest BCUT2D eigenvalue weighted by molar-refractivity contribution is 0.151. The Morgan fingerprint density at radius 3 is 1.65 bits per heavy atom. The highest BCUT2D eigenvalue weighted by Gasteiger charge is 2.55. The van der Waals surface area contributed by atoms with Crippen molar-refractivity contribution in [2.45, 2.75) is 268 Å². The third kappa shape index (κ3) is 30.3. The van der Waals surface area contributed by atoms with E-state index < -0.39 is 117 Å². The standard InChI is InChI=1S/C42H103O13Si14/c1-17-18-34-66(11,12)53-69(46-56-30-24-19-20-26-33-65-48-58(6)37-40(2)43-60(8)51-65,55-68(15,16)36-29-23-27-32-64-45-41(3)38-57(5)47-61(9)52-64)54-67(13,14)35-28-22-21-25-31-63-39-42(4)44-59(7)49-62(10)50-63/h40-42,57-62H,17-39H2,1-16H3. The third-order valence-electron chi connectivity index (χ3n) is 12.7. The Labute approximate surface area is 446 Å². The van der Waals surface area contributed by atoms with Crippen LogP contribution in [0.3, 0.4) is 0 Å². The zero-order valence-corrected chi connectivity index (χ0v) is 61.7. The molecule has 3 aliphatic heterocycles. The summed E-state index contributed by atoms with van der Waals surface area (Å²) in [5, 5.41) is 0. The zero-order chi connectivity index (χ0) is 51.1. The summed E-state index contributed by atoms with van der Waals surface area (Å²) < 4.78 is 86.9.